The van der Waals surface area contributed by atoms with Crippen molar-refractivity contribution in [3.63, 3.8) is 0 Å². The fourth-order valence-corrected chi connectivity index (χ4v) is 3.46. The molecule has 0 spiro atoms. The predicted octanol–water partition coefficient (Wildman–Crippen LogP) is 8.17. The number of rotatable bonds is 0. The van der Waals surface area contributed by atoms with Gasteiger partial charge in [0.2, 0.25) is 0 Å². The monoisotopic (exact) mass is 305 g/mol. The largest absolute Gasteiger partial charge is 0.0882 e. The molecule has 1 rings (SSSR count). The molecule has 129 valence electrons. The minimum atomic E-state index is 1.29. The van der Waals surface area contributed by atoms with E-state index in [2.05, 4.69) is 18.6 Å². The minimum absolute atomic E-state index is 1.29. The Morgan fingerprint density at radius 2 is 0.636 bits per heavy atom. The predicted molar refractivity (Wildman–Crippen MR) is 101 cm³/mol. The quantitative estimate of drug-likeness (QED) is 0.423. The molecule has 0 amide bonds. The van der Waals surface area contributed by atoms with Crippen molar-refractivity contribution in [2.75, 3.05) is 0 Å². The van der Waals surface area contributed by atoms with E-state index in [0.717, 1.165) is 0 Å². The first-order chi connectivity index (χ1) is 11.0. The average Bonchev–Trinajstić information content (AvgIpc) is 2.53. The van der Waals surface area contributed by atoms with Gasteiger partial charge >= 0.3 is 0 Å². The van der Waals surface area contributed by atoms with Crippen molar-refractivity contribution in [3.8, 4) is 0 Å². The van der Waals surface area contributed by atoms with Crippen molar-refractivity contribution < 1.29 is 0 Å². The lowest BCUT2D eigenvalue weighted by Crippen LogP contribution is -1.84. The molecule has 0 heteroatoms. The van der Waals surface area contributed by atoms with Gasteiger partial charge in [0, 0.05) is 0 Å². The van der Waals surface area contributed by atoms with E-state index in [4.69, 9.17) is 0 Å². The molecule has 0 aromatic heterocycles. The zero-order chi connectivity index (χ0) is 15.6. The summed E-state index contributed by atoms with van der Waals surface area (Å²) in [4.78, 5) is 0. The van der Waals surface area contributed by atoms with Crippen molar-refractivity contribution >= 4 is 0 Å². The summed E-state index contributed by atoms with van der Waals surface area (Å²) in [5.41, 5.74) is 0. The maximum Gasteiger partial charge on any atom is -0.0171 e. The Labute approximate surface area is 141 Å². The highest BCUT2D eigenvalue weighted by atomic mass is 14.0. The Hall–Kier alpha value is -0.260. The Morgan fingerprint density at radius 3 is 1.05 bits per heavy atom. The van der Waals surface area contributed by atoms with E-state index in [1.165, 1.54) is 122 Å². The van der Waals surface area contributed by atoms with Crippen LogP contribution in [0.4, 0.5) is 0 Å². The van der Waals surface area contributed by atoms with E-state index < -0.39 is 0 Å². The van der Waals surface area contributed by atoms with Crippen molar-refractivity contribution in [1.82, 2.24) is 0 Å². The zero-order valence-corrected chi connectivity index (χ0v) is 15.2. The second kappa shape index (κ2) is 17.1. The fourth-order valence-electron chi connectivity index (χ4n) is 3.46. The van der Waals surface area contributed by atoms with Gasteiger partial charge in [0.15, 0.2) is 0 Å². The highest BCUT2D eigenvalue weighted by Gasteiger charge is 1.95. The van der Waals surface area contributed by atoms with Gasteiger partial charge in [-0.3, -0.25) is 0 Å². The average molecular weight is 306 g/mol. The van der Waals surface area contributed by atoms with Crippen LogP contribution in [-0.4, -0.2) is 0 Å². The SMILES string of the molecule is [CH]1/C=C/CCCCCCCCCCCCCCCCCCC1. The molecule has 0 heterocycles. The third kappa shape index (κ3) is 14.7. The molecule has 1 aliphatic carbocycles. The Morgan fingerprint density at radius 1 is 0.318 bits per heavy atom. The summed E-state index contributed by atoms with van der Waals surface area (Å²) in [7, 11) is 0. The smallest absolute Gasteiger partial charge is 0.0171 e. The summed E-state index contributed by atoms with van der Waals surface area (Å²) in [6.45, 7) is 0. The standard InChI is InChI=1S/C22H41/c1-2-4-6-8-10-12-14-16-18-20-22-21-19-17-15-13-11-9-7-5-3-1/h1-3H,4-22H2/b2-1+. The van der Waals surface area contributed by atoms with E-state index in [-0.39, 0.29) is 0 Å². The lowest BCUT2D eigenvalue weighted by molar-refractivity contribution is 0.525. The maximum absolute atomic E-state index is 2.38. The van der Waals surface area contributed by atoms with E-state index in [9.17, 15) is 0 Å². The van der Waals surface area contributed by atoms with E-state index in [1.54, 1.807) is 0 Å². The van der Waals surface area contributed by atoms with Gasteiger partial charge in [-0.2, -0.15) is 0 Å². The molecular weight excluding hydrogens is 264 g/mol. The molecule has 0 atom stereocenters. The van der Waals surface area contributed by atoms with Crippen LogP contribution in [-0.2, 0) is 0 Å². The van der Waals surface area contributed by atoms with Crippen molar-refractivity contribution in [3.05, 3.63) is 18.6 Å². The van der Waals surface area contributed by atoms with Gasteiger partial charge in [-0.15, -0.1) is 0 Å². The number of allylic oxidation sites excluding steroid dienone is 2. The molecule has 0 aromatic carbocycles. The van der Waals surface area contributed by atoms with Gasteiger partial charge in [-0.25, -0.2) is 0 Å². The summed E-state index contributed by atoms with van der Waals surface area (Å²) in [6.07, 6.45) is 34.5. The molecule has 0 saturated carbocycles. The van der Waals surface area contributed by atoms with Gasteiger partial charge in [-0.1, -0.05) is 115 Å². The minimum Gasteiger partial charge on any atom is -0.0882 e. The molecule has 0 aliphatic heterocycles. The Balaban J connectivity index is 2.05. The molecule has 1 aliphatic rings. The second-order valence-corrected chi connectivity index (χ2v) is 7.25. The first kappa shape index (κ1) is 19.8. The highest BCUT2D eigenvalue weighted by molar-refractivity contribution is 4.94. The molecule has 0 aromatic rings. The molecule has 0 bridgehead atoms. The molecule has 0 nitrogen and oxygen atoms in total. The highest BCUT2D eigenvalue weighted by Crippen LogP contribution is 2.15. The molecule has 0 unspecified atom stereocenters. The fraction of sp³-hybridized carbons (Fsp3) is 0.864. The van der Waals surface area contributed by atoms with Crippen LogP contribution in [0.2, 0.25) is 0 Å². The van der Waals surface area contributed by atoms with Crippen LogP contribution in [0.1, 0.15) is 122 Å². The van der Waals surface area contributed by atoms with Gasteiger partial charge in [-0.05, 0) is 25.7 Å². The summed E-state index contributed by atoms with van der Waals surface area (Å²) in [6, 6.07) is 0. The Kier molecular flexibility index (Phi) is 15.4. The van der Waals surface area contributed by atoms with Crippen molar-refractivity contribution in [2.24, 2.45) is 0 Å². The summed E-state index contributed by atoms with van der Waals surface area (Å²) in [5.74, 6) is 0. The molecule has 0 fully saturated rings. The van der Waals surface area contributed by atoms with Crippen LogP contribution in [0.3, 0.4) is 0 Å². The van der Waals surface area contributed by atoms with Gasteiger partial charge in [0.1, 0.15) is 0 Å². The van der Waals surface area contributed by atoms with Crippen LogP contribution in [0.5, 0.6) is 0 Å². The zero-order valence-electron chi connectivity index (χ0n) is 15.2. The van der Waals surface area contributed by atoms with E-state index in [1.807, 2.05) is 0 Å². The van der Waals surface area contributed by atoms with Crippen molar-refractivity contribution in [1.29, 1.82) is 0 Å². The lowest BCUT2D eigenvalue weighted by Gasteiger charge is -2.04. The summed E-state index contributed by atoms with van der Waals surface area (Å²) in [5, 5.41) is 0. The van der Waals surface area contributed by atoms with Gasteiger partial charge in [0.05, 0.1) is 0 Å². The third-order valence-corrected chi connectivity index (χ3v) is 5.01. The molecule has 0 N–H and O–H groups in total. The van der Waals surface area contributed by atoms with Crippen LogP contribution in [0, 0.1) is 6.42 Å². The van der Waals surface area contributed by atoms with Crippen LogP contribution in [0.15, 0.2) is 12.2 Å². The normalized spacial score (nSPS) is 24.7. The first-order valence-electron chi connectivity index (χ1n) is 10.5. The molecular formula is C22H41. The number of hydrogen-bond donors (Lipinski definition) is 0. The third-order valence-electron chi connectivity index (χ3n) is 5.01. The van der Waals surface area contributed by atoms with Crippen LogP contribution >= 0.6 is 0 Å². The second-order valence-electron chi connectivity index (χ2n) is 7.25. The van der Waals surface area contributed by atoms with E-state index in [0.29, 0.717) is 0 Å². The molecule has 0 saturated heterocycles. The Bertz CT molecular complexity index is 204. The summed E-state index contributed by atoms with van der Waals surface area (Å²) < 4.78 is 0. The maximum atomic E-state index is 2.38. The molecule has 1 radical (unpaired) electrons. The topological polar surface area (TPSA) is 0 Å². The van der Waals surface area contributed by atoms with Gasteiger partial charge < -0.3 is 0 Å². The number of hydrogen-bond acceptors (Lipinski definition) is 0. The van der Waals surface area contributed by atoms with E-state index >= 15 is 0 Å². The first-order valence-corrected chi connectivity index (χ1v) is 10.5. The lowest BCUT2D eigenvalue weighted by atomic mass is 10.0. The van der Waals surface area contributed by atoms with Crippen LogP contribution in [0.25, 0.3) is 0 Å². The molecule has 22 heavy (non-hydrogen) atoms. The van der Waals surface area contributed by atoms with Crippen molar-refractivity contribution in [2.45, 2.75) is 122 Å². The van der Waals surface area contributed by atoms with Gasteiger partial charge in [0.25, 0.3) is 0 Å². The van der Waals surface area contributed by atoms with Crippen LogP contribution < -0.4 is 0 Å². The summed E-state index contributed by atoms with van der Waals surface area (Å²) >= 11 is 0.